The molecule has 3 unspecified atom stereocenters. The van der Waals surface area contributed by atoms with Gasteiger partial charge >= 0.3 is 0 Å². The molecule has 4 N–H and O–H groups in total. The van der Waals surface area contributed by atoms with Gasteiger partial charge in [0.2, 0.25) is 11.8 Å². The quantitative estimate of drug-likeness (QED) is 0.438. The minimum atomic E-state index is -0.830. The highest BCUT2D eigenvalue weighted by atomic mass is 16.6. The number of carbonyl (C=O) groups excluding carboxylic acids is 3. The Labute approximate surface area is 185 Å². The summed E-state index contributed by atoms with van der Waals surface area (Å²) in [4.78, 5) is 38.7. The Kier molecular flexibility index (Phi) is 8.77. The van der Waals surface area contributed by atoms with Crippen LogP contribution in [0.4, 0.5) is 0 Å². The monoisotopic (exact) mass is 431 g/mol. The van der Waals surface area contributed by atoms with Crippen LogP contribution in [-0.2, 0) is 25.5 Å². The molecule has 7 heteroatoms. The van der Waals surface area contributed by atoms with Crippen LogP contribution in [0.5, 0.6) is 0 Å². The van der Waals surface area contributed by atoms with Gasteiger partial charge in [0.05, 0.1) is 18.7 Å². The van der Waals surface area contributed by atoms with Crippen LogP contribution >= 0.6 is 0 Å². The highest BCUT2D eigenvalue weighted by Crippen LogP contribution is 2.29. The first-order chi connectivity index (χ1) is 14.5. The molecule has 0 aliphatic carbocycles. The van der Waals surface area contributed by atoms with Crippen molar-refractivity contribution in [3.05, 3.63) is 35.9 Å². The molecule has 7 nitrogen and oxygen atoms in total. The number of epoxide rings is 1. The molecule has 1 heterocycles. The third kappa shape index (κ3) is 7.74. The third-order valence-electron chi connectivity index (χ3n) is 5.42. The van der Waals surface area contributed by atoms with Gasteiger partial charge in [-0.1, -0.05) is 58.0 Å². The van der Waals surface area contributed by atoms with E-state index in [0.29, 0.717) is 25.9 Å². The lowest BCUT2D eigenvalue weighted by Gasteiger charge is -2.26. The molecule has 1 aromatic rings. The molecule has 0 saturated carbocycles. The fraction of sp³-hybridized carbons (Fsp3) is 0.625. The van der Waals surface area contributed by atoms with Crippen molar-refractivity contribution in [2.45, 2.75) is 77.6 Å². The number of carbonyl (C=O) groups is 3. The van der Waals surface area contributed by atoms with Crippen molar-refractivity contribution in [1.82, 2.24) is 10.6 Å². The number of Topliss-reactive ketones (excluding diaryl/α,β-unsaturated/α-hetero) is 1. The summed E-state index contributed by atoms with van der Waals surface area (Å²) in [6.07, 6.45) is 1.33. The van der Waals surface area contributed by atoms with Crippen LogP contribution in [0, 0.1) is 11.8 Å². The predicted octanol–water partition coefficient (Wildman–Crippen LogP) is 1.98. The smallest absolute Gasteiger partial charge is 0.243 e. The molecular formula is C24H37N3O4. The molecule has 0 aromatic heterocycles. The summed E-state index contributed by atoms with van der Waals surface area (Å²) in [5.41, 5.74) is 6.10. The van der Waals surface area contributed by atoms with Crippen molar-refractivity contribution in [3.63, 3.8) is 0 Å². The number of hydrogen-bond acceptors (Lipinski definition) is 5. The van der Waals surface area contributed by atoms with Crippen molar-refractivity contribution in [2.75, 3.05) is 6.61 Å². The fourth-order valence-corrected chi connectivity index (χ4v) is 3.55. The van der Waals surface area contributed by atoms with Crippen LogP contribution in [0.1, 0.15) is 53.0 Å². The maximum atomic E-state index is 13.2. The molecule has 0 bridgehead atoms. The zero-order valence-electron chi connectivity index (χ0n) is 19.3. The summed E-state index contributed by atoms with van der Waals surface area (Å²) in [6.45, 7) is 10.1. The van der Waals surface area contributed by atoms with Gasteiger partial charge in [0, 0.05) is 6.42 Å². The SMILES string of the molecule is CC(C)CC(N)C(=O)N[C@@H](Cc1ccccc1)C(=O)NC(CC(C)C)C(=O)C1(C)CO1. The zero-order chi connectivity index (χ0) is 23.2. The standard InChI is InChI=1S/C24H37N3O4/c1-15(2)11-18(25)22(29)27-20(13-17-9-7-6-8-10-17)23(30)26-19(12-16(3)4)21(28)24(5)14-31-24/h6-10,15-16,18-20H,11-14,25H2,1-5H3,(H,26,30)(H,27,29)/t18?,19?,20-,24?/m0/s1. The van der Waals surface area contributed by atoms with Gasteiger partial charge in [0.15, 0.2) is 5.78 Å². The van der Waals surface area contributed by atoms with Gasteiger partial charge in [-0.25, -0.2) is 0 Å². The largest absolute Gasteiger partial charge is 0.361 e. The molecular weight excluding hydrogens is 394 g/mol. The third-order valence-corrected chi connectivity index (χ3v) is 5.42. The molecule has 0 spiro atoms. The summed E-state index contributed by atoms with van der Waals surface area (Å²) in [5.74, 6) is -0.422. The molecule has 0 radical (unpaired) electrons. The average Bonchev–Trinajstić information content (AvgIpc) is 3.44. The summed E-state index contributed by atoms with van der Waals surface area (Å²) < 4.78 is 5.30. The Bertz CT molecular complexity index is 759. The van der Waals surface area contributed by atoms with Crippen molar-refractivity contribution in [1.29, 1.82) is 0 Å². The molecule has 1 saturated heterocycles. The van der Waals surface area contributed by atoms with Gasteiger partial charge in [-0.15, -0.1) is 0 Å². The normalized spacial score (nSPS) is 20.8. The van der Waals surface area contributed by atoms with Gasteiger partial charge in [-0.05, 0) is 37.2 Å². The van der Waals surface area contributed by atoms with Crippen LogP contribution in [-0.4, -0.2) is 47.9 Å². The van der Waals surface area contributed by atoms with Crippen LogP contribution < -0.4 is 16.4 Å². The van der Waals surface area contributed by atoms with Gasteiger partial charge in [-0.2, -0.15) is 0 Å². The molecule has 1 fully saturated rings. The summed E-state index contributed by atoms with van der Waals surface area (Å²) in [5, 5.41) is 5.68. The van der Waals surface area contributed by atoms with Crippen LogP contribution in [0.25, 0.3) is 0 Å². The van der Waals surface area contributed by atoms with Gasteiger partial charge in [0.1, 0.15) is 11.6 Å². The summed E-state index contributed by atoms with van der Waals surface area (Å²) >= 11 is 0. The molecule has 1 aliphatic rings. The molecule has 2 rings (SSSR count). The molecule has 172 valence electrons. The Hall–Kier alpha value is -2.25. The summed E-state index contributed by atoms with van der Waals surface area (Å²) in [7, 11) is 0. The number of rotatable bonds is 12. The van der Waals surface area contributed by atoms with Crippen molar-refractivity contribution >= 4 is 17.6 Å². The number of benzene rings is 1. The first-order valence-electron chi connectivity index (χ1n) is 11.1. The fourth-order valence-electron chi connectivity index (χ4n) is 3.55. The Morgan fingerprint density at radius 3 is 2.03 bits per heavy atom. The molecule has 1 aliphatic heterocycles. The Balaban J connectivity index is 2.16. The van der Waals surface area contributed by atoms with Crippen molar-refractivity contribution < 1.29 is 19.1 Å². The first kappa shape index (κ1) is 25.0. The van der Waals surface area contributed by atoms with Crippen LogP contribution in [0.3, 0.4) is 0 Å². The van der Waals surface area contributed by atoms with E-state index in [1.165, 1.54) is 0 Å². The lowest BCUT2D eigenvalue weighted by atomic mass is 9.93. The first-order valence-corrected chi connectivity index (χ1v) is 11.1. The van der Waals surface area contributed by atoms with Crippen molar-refractivity contribution in [2.24, 2.45) is 17.6 Å². The van der Waals surface area contributed by atoms with E-state index in [2.05, 4.69) is 10.6 Å². The molecule has 1 aromatic carbocycles. The number of amides is 2. The van der Waals surface area contributed by atoms with Gasteiger partial charge in [-0.3, -0.25) is 14.4 Å². The van der Waals surface area contributed by atoms with Crippen molar-refractivity contribution in [3.8, 4) is 0 Å². The minimum Gasteiger partial charge on any atom is -0.361 e. The van der Waals surface area contributed by atoms with Gasteiger partial charge in [0.25, 0.3) is 0 Å². The van der Waals surface area contributed by atoms with E-state index in [9.17, 15) is 14.4 Å². The van der Waals surface area contributed by atoms with E-state index >= 15 is 0 Å². The topological polar surface area (TPSA) is 114 Å². The predicted molar refractivity (Wildman–Crippen MR) is 120 cm³/mol. The minimum absolute atomic E-state index is 0.129. The lowest BCUT2D eigenvalue weighted by molar-refractivity contribution is -0.133. The van der Waals surface area contributed by atoms with Gasteiger partial charge < -0.3 is 21.1 Å². The second-order valence-electron chi connectivity index (χ2n) is 9.56. The lowest BCUT2D eigenvalue weighted by Crippen LogP contribution is -2.56. The number of ketones is 1. The highest BCUT2D eigenvalue weighted by Gasteiger charge is 2.50. The number of hydrogen-bond donors (Lipinski definition) is 3. The van der Waals surface area contributed by atoms with E-state index in [1.807, 2.05) is 58.0 Å². The van der Waals surface area contributed by atoms with E-state index in [0.717, 1.165) is 5.56 Å². The Morgan fingerprint density at radius 1 is 0.968 bits per heavy atom. The number of ether oxygens (including phenoxy) is 1. The van der Waals surface area contributed by atoms with Crippen LogP contribution in [0.15, 0.2) is 30.3 Å². The second kappa shape index (κ2) is 10.9. The number of nitrogens with one attached hydrogen (secondary N) is 2. The second-order valence-corrected chi connectivity index (χ2v) is 9.56. The molecule has 4 atom stereocenters. The summed E-state index contributed by atoms with van der Waals surface area (Å²) in [6, 6.07) is 7.26. The van der Waals surface area contributed by atoms with E-state index < -0.39 is 29.6 Å². The molecule has 2 amide bonds. The maximum absolute atomic E-state index is 13.2. The maximum Gasteiger partial charge on any atom is 0.243 e. The average molecular weight is 432 g/mol. The Morgan fingerprint density at radius 2 is 1.52 bits per heavy atom. The highest BCUT2D eigenvalue weighted by molar-refractivity contribution is 5.98. The van der Waals surface area contributed by atoms with E-state index in [4.69, 9.17) is 10.5 Å². The van der Waals surface area contributed by atoms with E-state index in [-0.39, 0.29) is 23.5 Å². The number of nitrogens with two attached hydrogens (primary N) is 1. The zero-order valence-corrected chi connectivity index (χ0v) is 19.3. The van der Waals surface area contributed by atoms with Crippen LogP contribution in [0.2, 0.25) is 0 Å². The van der Waals surface area contributed by atoms with E-state index in [1.54, 1.807) is 6.92 Å². The molecule has 31 heavy (non-hydrogen) atoms.